The quantitative estimate of drug-likeness (QED) is 0.617. The molecule has 116 valence electrons. The second kappa shape index (κ2) is 6.93. The molecule has 1 aliphatic carbocycles. The van der Waals surface area contributed by atoms with Crippen LogP contribution in [0.15, 0.2) is 24.3 Å². The van der Waals surface area contributed by atoms with Crippen molar-refractivity contribution < 1.29 is 22.1 Å². The second-order valence-electron chi connectivity index (χ2n) is 5.33. The predicted molar refractivity (Wildman–Crippen MR) is 78.8 cm³/mol. The Hall–Kier alpha value is -1.56. The van der Waals surface area contributed by atoms with Crippen molar-refractivity contribution >= 4 is 16.1 Å². The molecule has 0 bridgehead atoms. The predicted octanol–water partition coefficient (Wildman–Crippen LogP) is 2.76. The molecule has 0 aromatic heterocycles. The van der Waals surface area contributed by atoms with E-state index >= 15 is 0 Å². The summed E-state index contributed by atoms with van der Waals surface area (Å²) >= 11 is 0. The zero-order valence-electron chi connectivity index (χ0n) is 12.1. The minimum absolute atomic E-state index is 0.0372. The van der Waals surface area contributed by atoms with Gasteiger partial charge in [-0.25, -0.2) is 4.79 Å². The van der Waals surface area contributed by atoms with Gasteiger partial charge in [-0.2, -0.15) is 8.42 Å². The number of hydrogen-bond acceptors (Lipinski definition) is 5. The maximum atomic E-state index is 12.1. The summed E-state index contributed by atoms with van der Waals surface area (Å²) in [6.07, 6.45) is 5.21. The molecule has 5 nitrogen and oxygen atoms in total. The van der Waals surface area contributed by atoms with E-state index in [1.807, 2.05) is 0 Å². The fourth-order valence-electron chi connectivity index (χ4n) is 2.62. The van der Waals surface area contributed by atoms with Gasteiger partial charge in [0.05, 0.1) is 18.4 Å². The van der Waals surface area contributed by atoms with Crippen LogP contribution in [0.5, 0.6) is 5.75 Å². The normalized spacial score (nSPS) is 16.4. The highest BCUT2D eigenvalue weighted by Gasteiger charge is 2.23. The number of esters is 1. The van der Waals surface area contributed by atoms with Crippen molar-refractivity contribution in [1.82, 2.24) is 0 Å². The Morgan fingerprint density at radius 3 is 2.62 bits per heavy atom. The summed E-state index contributed by atoms with van der Waals surface area (Å²) < 4.78 is 33.9. The van der Waals surface area contributed by atoms with Gasteiger partial charge in [-0.05, 0) is 37.0 Å². The zero-order valence-corrected chi connectivity index (χ0v) is 12.9. The van der Waals surface area contributed by atoms with Crippen LogP contribution >= 0.6 is 0 Å². The summed E-state index contributed by atoms with van der Waals surface area (Å²) in [6.45, 7) is 0. The fourth-order valence-corrected chi connectivity index (χ4v) is 3.99. The molecule has 0 N–H and O–H groups in total. The highest BCUT2D eigenvalue weighted by Crippen LogP contribution is 2.26. The van der Waals surface area contributed by atoms with Crippen LogP contribution in [0.1, 0.15) is 42.5 Å². The number of benzene rings is 1. The van der Waals surface area contributed by atoms with Crippen molar-refractivity contribution in [1.29, 1.82) is 0 Å². The topological polar surface area (TPSA) is 69.7 Å². The summed E-state index contributed by atoms with van der Waals surface area (Å²) in [5, 5.41) is 0. The van der Waals surface area contributed by atoms with Gasteiger partial charge in [0.25, 0.3) is 0 Å². The lowest BCUT2D eigenvalue weighted by molar-refractivity contribution is 0.0600. The monoisotopic (exact) mass is 312 g/mol. The maximum Gasteiger partial charge on any atom is 0.337 e. The van der Waals surface area contributed by atoms with Crippen LogP contribution in [-0.4, -0.2) is 27.2 Å². The highest BCUT2D eigenvalue weighted by molar-refractivity contribution is 7.87. The first kappa shape index (κ1) is 15.8. The molecule has 0 saturated heterocycles. The molecule has 2 rings (SSSR count). The Morgan fingerprint density at radius 2 is 1.95 bits per heavy atom. The van der Waals surface area contributed by atoms with E-state index in [0.717, 1.165) is 25.7 Å². The van der Waals surface area contributed by atoms with Crippen molar-refractivity contribution in [3.63, 3.8) is 0 Å². The van der Waals surface area contributed by atoms with Crippen molar-refractivity contribution in [3.8, 4) is 5.75 Å². The fraction of sp³-hybridized carbons (Fsp3) is 0.533. The number of rotatable bonds is 5. The van der Waals surface area contributed by atoms with Crippen LogP contribution in [0.4, 0.5) is 0 Å². The van der Waals surface area contributed by atoms with Crippen LogP contribution < -0.4 is 4.18 Å². The molecule has 0 spiro atoms. The first-order valence-electron chi connectivity index (χ1n) is 7.11. The summed E-state index contributed by atoms with van der Waals surface area (Å²) in [4.78, 5) is 11.4. The number of hydrogen-bond donors (Lipinski definition) is 0. The lowest BCUT2D eigenvalue weighted by Crippen LogP contribution is -2.22. The second-order valence-corrected chi connectivity index (χ2v) is 6.95. The van der Waals surface area contributed by atoms with Crippen molar-refractivity contribution in [3.05, 3.63) is 29.8 Å². The van der Waals surface area contributed by atoms with Crippen LogP contribution in [0.25, 0.3) is 0 Å². The largest absolute Gasteiger partial charge is 0.465 e. The van der Waals surface area contributed by atoms with E-state index in [2.05, 4.69) is 4.74 Å². The molecular weight excluding hydrogens is 292 g/mol. The lowest BCUT2D eigenvalue weighted by Gasteiger charge is -2.21. The lowest BCUT2D eigenvalue weighted by atomic mass is 9.91. The van der Waals surface area contributed by atoms with E-state index in [1.54, 1.807) is 12.1 Å². The van der Waals surface area contributed by atoms with Gasteiger partial charge in [0.1, 0.15) is 5.75 Å². The average molecular weight is 312 g/mol. The molecule has 1 saturated carbocycles. The van der Waals surface area contributed by atoms with Crippen molar-refractivity contribution in [2.45, 2.75) is 32.1 Å². The van der Waals surface area contributed by atoms with Gasteiger partial charge in [0, 0.05) is 0 Å². The number of carbonyl (C=O) groups is 1. The third-order valence-electron chi connectivity index (χ3n) is 3.64. The van der Waals surface area contributed by atoms with E-state index in [0.29, 0.717) is 0 Å². The van der Waals surface area contributed by atoms with Gasteiger partial charge in [0.15, 0.2) is 0 Å². The van der Waals surface area contributed by atoms with Crippen molar-refractivity contribution in [2.24, 2.45) is 5.92 Å². The molecule has 1 fully saturated rings. The molecule has 6 heteroatoms. The van der Waals surface area contributed by atoms with Crippen LogP contribution in [0, 0.1) is 5.92 Å². The van der Waals surface area contributed by atoms with Gasteiger partial charge in [-0.3, -0.25) is 0 Å². The zero-order chi connectivity index (χ0) is 15.3. The van der Waals surface area contributed by atoms with E-state index in [1.165, 1.54) is 25.7 Å². The number of ether oxygens (including phenoxy) is 1. The number of methoxy groups -OCH3 is 1. The molecule has 0 amide bonds. The smallest absolute Gasteiger partial charge is 0.337 e. The third kappa shape index (κ3) is 4.74. The molecular formula is C15H20O5S. The van der Waals surface area contributed by atoms with Gasteiger partial charge in [-0.1, -0.05) is 25.3 Å². The Morgan fingerprint density at radius 1 is 1.24 bits per heavy atom. The molecule has 0 aliphatic heterocycles. The molecule has 1 aromatic carbocycles. The first-order valence-corrected chi connectivity index (χ1v) is 8.68. The highest BCUT2D eigenvalue weighted by atomic mass is 32.2. The van der Waals surface area contributed by atoms with Crippen LogP contribution in [0.2, 0.25) is 0 Å². The Balaban J connectivity index is 2.03. The number of carbonyl (C=O) groups excluding carboxylic acids is 1. The van der Waals surface area contributed by atoms with Crippen LogP contribution in [0.3, 0.4) is 0 Å². The van der Waals surface area contributed by atoms with Gasteiger partial charge in [0.2, 0.25) is 0 Å². The van der Waals surface area contributed by atoms with Crippen molar-refractivity contribution in [2.75, 3.05) is 12.9 Å². The molecule has 0 radical (unpaired) electrons. The van der Waals surface area contributed by atoms with E-state index in [4.69, 9.17) is 4.18 Å². The summed E-state index contributed by atoms with van der Waals surface area (Å²) in [7, 11) is -2.36. The van der Waals surface area contributed by atoms with Gasteiger partial charge in [-0.15, -0.1) is 0 Å². The standard InChI is InChI=1S/C15H20O5S/c1-19-15(16)13-8-5-9-14(10-13)20-21(17,18)11-12-6-3-2-4-7-12/h5,8-10,12H,2-4,6-7,11H2,1H3. The molecule has 1 aromatic rings. The van der Waals surface area contributed by atoms with E-state index < -0.39 is 16.1 Å². The maximum absolute atomic E-state index is 12.1. The van der Waals surface area contributed by atoms with E-state index in [9.17, 15) is 13.2 Å². The molecule has 0 unspecified atom stereocenters. The Kier molecular flexibility index (Phi) is 5.22. The summed E-state index contributed by atoms with van der Waals surface area (Å²) in [5.41, 5.74) is 0.267. The molecule has 21 heavy (non-hydrogen) atoms. The van der Waals surface area contributed by atoms with Gasteiger partial charge >= 0.3 is 16.1 Å². The first-order chi connectivity index (χ1) is 10.00. The summed E-state index contributed by atoms with van der Waals surface area (Å²) in [5.74, 6) is -0.165. The molecule has 0 atom stereocenters. The minimum atomic E-state index is -3.64. The Bertz CT molecular complexity index is 588. The van der Waals surface area contributed by atoms with E-state index in [-0.39, 0.29) is 23.0 Å². The van der Waals surface area contributed by atoms with Gasteiger partial charge < -0.3 is 8.92 Å². The third-order valence-corrected chi connectivity index (χ3v) is 4.97. The molecule has 1 aliphatic rings. The summed E-state index contributed by atoms with van der Waals surface area (Å²) in [6, 6.07) is 6.01. The molecule has 0 heterocycles. The van der Waals surface area contributed by atoms with Crippen LogP contribution in [-0.2, 0) is 14.9 Å². The average Bonchev–Trinajstić information content (AvgIpc) is 2.46. The SMILES string of the molecule is COC(=O)c1cccc(OS(=O)(=O)CC2CCCCC2)c1. The minimum Gasteiger partial charge on any atom is -0.465 e. The Labute approximate surface area is 125 Å².